The van der Waals surface area contributed by atoms with E-state index in [1.165, 1.54) is 12.1 Å². The number of amides is 5. The number of piperazine rings is 1. The van der Waals surface area contributed by atoms with Crippen LogP contribution in [0.4, 0.5) is 4.39 Å². The average Bonchev–Trinajstić information content (AvgIpc) is 3.24. The molecule has 3 aromatic carbocycles. The highest BCUT2D eigenvalue weighted by molar-refractivity contribution is 6.24. The van der Waals surface area contributed by atoms with Gasteiger partial charge in [-0.05, 0) is 29.7 Å². The molecule has 0 aromatic heterocycles. The molecular formula is C31H27FN4O5. The van der Waals surface area contributed by atoms with Gasteiger partial charge in [0.25, 0.3) is 17.7 Å². The Morgan fingerprint density at radius 2 is 1.41 bits per heavy atom. The molecule has 10 heteroatoms. The molecule has 1 atom stereocenters. The van der Waals surface area contributed by atoms with E-state index in [4.69, 9.17) is 0 Å². The normalized spacial score (nSPS) is 19.5. The van der Waals surface area contributed by atoms with Crippen LogP contribution in [0.5, 0.6) is 0 Å². The fourth-order valence-corrected chi connectivity index (χ4v) is 5.92. The van der Waals surface area contributed by atoms with E-state index in [-0.39, 0.29) is 30.0 Å². The number of hydrogen-bond acceptors (Lipinski definition) is 6. The smallest absolute Gasteiger partial charge is 0.265 e. The lowest BCUT2D eigenvalue weighted by Crippen LogP contribution is -2.54. The molecule has 3 aliphatic heterocycles. The molecule has 5 amide bonds. The Morgan fingerprint density at radius 1 is 0.805 bits per heavy atom. The van der Waals surface area contributed by atoms with E-state index in [1.807, 2.05) is 36.4 Å². The minimum Gasteiger partial charge on any atom is -0.336 e. The first-order chi connectivity index (χ1) is 19.8. The maximum Gasteiger partial charge on any atom is 0.265 e. The summed E-state index contributed by atoms with van der Waals surface area (Å²) in [4.78, 5) is 67.9. The predicted molar refractivity (Wildman–Crippen MR) is 145 cm³/mol. The number of piperidine rings is 1. The monoisotopic (exact) mass is 554 g/mol. The summed E-state index contributed by atoms with van der Waals surface area (Å²) < 4.78 is 15.7. The number of nitrogens with one attached hydrogen (secondary N) is 1. The Kier molecular flexibility index (Phi) is 6.92. The quantitative estimate of drug-likeness (QED) is 0.486. The summed E-state index contributed by atoms with van der Waals surface area (Å²) in [5.41, 5.74) is 1.24. The van der Waals surface area contributed by atoms with Crippen LogP contribution in [0.15, 0.2) is 72.8 Å². The highest BCUT2D eigenvalue weighted by atomic mass is 19.1. The van der Waals surface area contributed by atoms with E-state index >= 15 is 4.39 Å². The predicted octanol–water partition coefficient (Wildman–Crippen LogP) is 2.77. The third kappa shape index (κ3) is 4.70. The number of hydrogen-bond donors (Lipinski definition) is 1. The van der Waals surface area contributed by atoms with Crippen molar-refractivity contribution in [2.45, 2.75) is 24.9 Å². The zero-order chi connectivity index (χ0) is 28.7. The number of carbonyl (C=O) groups is 5. The third-order valence-electron chi connectivity index (χ3n) is 7.97. The second-order valence-electron chi connectivity index (χ2n) is 10.3. The van der Waals surface area contributed by atoms with Crippen molar-refractivity contribution in [3.63, 3.8) is 0 Å². The number of imide groups is 2. The minimum atomic E-state index is -1.21. The number of nitrogens with zero attached hydrogens (tertiary/aromatic N) is 3. The number of fused-ring (bicyclic) bond motifs is 1. The first-order valence-corrected chi connectivity index (χ1v) is 13.5. The molecule has 1 unspecified atom stereocenters. The number of benzene rings is 3. The maximum atomic E-state index is 15.7. The van der Waals surface area contributed by atoms with Crippen LogP contribution < -0.4 is 5.32 Å². The van der Waals surface area contributed by atoms with Crippen molar-refractivity contribution >= 4 is 29.5 Å². The van der Waals surface area contributed by atoms with E-state index in [0.29, 0.717) is 31.1 Å². The fraction of sp³-hybridized carbons (Fsp3) is 0.258. The highest BCUT2D eigenvalue weighted by Gasteiger charge is 2.47. The van der Waals surface area contributed by atoms with E-state index in [9.17, 15) is 24.0 Å². The van der Waals surface area contributed by atoms with E-state index in [2.05, 4.69) is 34.5 Å². The zero-order valence-electron chi connectivity index (χ0n) is 22.1. The summed E-state index contributed by atoms with van der Waals surface area (Å²) in [7, 11) is 0. The molecule has 0 bridgehead atoms. The van der Waals surface area contributed by atoms with Gasteiger partial charge < -0.3 is 4.90 Å². The Morgan fingerprint density at radius 3 is 2.00 bits per heavy atom. The van der Waals surface area contributed by atoms with Crippen LogP contribution in [-0.4, -0.2) is 76.5 Å². The van der Waals surface area contributed by atoms with Crippen molar-refractivity contribution in [2.75, 3.05) is 26.2 Å². The van der Waals surface area contributed by atoms with Gasteiger partial charge in [-0.2, -0.15) is 0 Å². The van der Waals surface area contributed by atoms with Crippen molar-refractivity contribution in [2.24, 2.45) is 0 Å². The number of rotatable bonds is 5. The summed E-state index contributed by atoms with van der Waals surface area (Å²) in [5.74, 6) is -4.73. The topological polar surface area (TPSA) is 107 Å². The zero-order valence-corrected chi connectivity index (χ0v) is 22.1. The summed E-state index contributed by atoms with van der Waals surface area (Å²) >= 11 is 0. The Hall–Kier alpha value is -4.70. The SMILES string of the molecule is O=C1CCC(N2C(=O)c3ccc(C(=O)N4CCN(C(c5ccccc5)c5ccccc5)CC4)c(F)c3C2=O)C(=O)N1. The van der Waals surface area contributed by atoms with Crippen molar-refractivity contribution < 1.29 is 28.4 Å². The molecule has 208 valence electrons. The second-order valence-corrected chi connectivity index (χ2v) is 10.3. The first-order valence-electron chi connectivity index (χ1n) is 13.5. The van der Waals surface area contributed by atoms with Gasteiger partial charge in [0.1, 0.15) is 11.9 Å². The van der Waals surface area contributed by atoms with Crippen molar-refractivity contribution in [1.29, 1.82) is 0 Å². The van der Waals surface area contributed by atoms with Gasteiger partial charge >= 0.3 is 0 Å². The molecule has 9 nitrogen and oxygen atoms in total. The molecule has 1 N–H and O–H groups in total. The van der Waals surface area contributed by atoms with E-state index < -0.39 is 47.0 Å². The molecule has 0 radical (unpaired) electrons. The first kappa shape index (κ1) is 26.5. The minimum absolute atomic E-state index is 0.00622. The summed E-state index contributed by atoms with van der Waals surface area (Å²) in [6, 6.07) is 21.5. The van der Waals surface area contributed by atoms with Gasteiger partial charge in [0.05, 0.1) is 22.7 Å². The molecule has 3 aliphatic rings. The molecule has 2 saturated heterocycles. The van der Waals surface area contributed by atoms with Gasteiger partial charge in [0.15, 0.2) is 0 Å². The van der Waals surface area contributed by atoms with Gasteiger partial charge in [-0.25, -0.2) is 4.39 Å². The molecule has 41 heavy (non-hydrogen) atoms. The van der Waals surface area contributed by atoms with E-state index in [1.54, 1.807) is 4.90 Å². The van der Waals surface area contributed by atoms with Crippen LogP contribution in [0.2, 0.25) is 0 Å². The summed E-state index contributed by atoms with van der Waals surface area (Å²) in [6.07, 6.45) is -0.0851. The number of carbonyl (C=O) groups excluding carboxylic acids is 5. The van der Waals surface area contributed by atoms with Crippen LogP contribution in [0.3, 0.4) is 0 Å². The Bertz CT molecular complexity index is 1510. The van der Waals surface area contributed by atoms with Crippen molar-refractivity contribution in [3.8, 4) is 0 Å². The fourth-order valence-electron chi connectivity index (χ4n) is 5.92. The van der Waals surface area contributed by atoms with Crippen LogP contribution in [0.1, 0.15) is 61.1 Å². The van der Waals surface area contributed by atoms with E-state index in [0.717, 1.165) is 11.1 Å². The molecule has 6 rings (SSSR count). The largest absolute Gasteiger partial charge is 0.336 e. The average molecular weight is 555 g/mol. The molecule has 3 heterocycles. The van der Waals surface area contributed by atoms with Crippen LogP contribution in [0.25, 0.3) is 0 Å². The maximum absolute atomic E-state index is 15.7. The van der Waals surface area contributed by atoms with Gasteiger partial charge in [-0.3, -0.25) is 39.1 Å². The van der Waals surface area contributed by atoms with Crippen molar-refractivity contribution in [1.82, 2.24) is 20.0 Å². The Balaban J connectivity index is 1.20. The van der Waals surface area contributed by atoms with Crippen LogP contribution in [-0.2, 0) is 9.59 Å². The van der Waals surface area contributed by atoms with Crippen LogP contribution >= 0.6 is 0 Å². The molecule has 0 aliphatic carbocycles. The highest BCUT2D eigenvalue weighted by Crippen LogP contribution is 2.33. The standard InChI is InChI=1S/C31H27FN4O5/c32-26-22(12-11-21-25(26)31(41)36(30(21)40)23-13-14-24(37)33-28(23)38)29(39)35-17-15-34(16-18-35)27(19-7-3-1-4-8-19)20-9-5-2-6-10-20/h1-12,23,27H,13-18H2,(H,33,37,38). The van der Waals surface area contributed by atoms with Gasteiger partial charge in [0.2, 0.25) is 11.8 Å². The summed E-state index contributed by atoms with van der Waals surface area (Å²) in [5, 5.41) is 2.11. The third-order valence-corrected chi connectivity index (χ3v) is 7.97. The van der Waals surface area contributed by atoms with Crippen molar-refractivity contribution in [3.05, 3.63) is 106 Å². The van der Waals surface area contributed by atoms with Gasteiger partial charge in [0, 0.05) is 32.6 Å². The Labute approximate surface area is 235 Å². The summed E-state index contributed by atoms with van der Waals surface area (Å²) in [6.45, 7) is 1.79. The lowest BCUT2D eigenvalue weighted by Gasteiger charge is -2.39. The van der Waals surface area contributed by atoms with Gasteiger partial charge in [-0.1, -0.05) is 60.7 Å². The lowest BCUT2D eigenvalue weighted by molar-refractivity contribution is -0.136. The molecular weight excluding hydrogens is 527 g/mol. The molecule has 0 spiro atoms. The molecule has 0 saturated carbocycles. The molecule has 3 aromatic rings. The van der Waals surface area contributed by atoms with Crippen LogP contribution in [0, 0.1) is 5.82 Å². The second kappa shape index (κ2) is 10.7. The van der Waals surface area contributed by atoms with Gasteiger partial charge in [-0.15, -0.1) is 0 Å². The lowest BCUT2D eigenvalue weighted by atomic mass is 9.96. The molecule has 2 fully saturated rings. The number of halogens is 1.